The highest BCUT2D eigenvalue weighted by molar-refractivity contribution is 6.27. The van der Waals surface area contributed by atoms with E-state index in [1.165, 1.54) is 0 Å². The number of carboxylic acid groups (broad SMARTS) is 2. The molecule has 0 heterocycles. The summed E-state index contributed by atoms with van der Waals surface area (Å²) in [4.78, 5) is 59.2. The summed E-state index contributed by atoms with van der Waals surface area (Å²) >= 11 is 0. The number of carbonyl (C=O) groups excluding carboxylic acids is 3. The van der Waals surface area contributed by atoms with Gasteiger partial charge in [0.15, 0.2) is 0 Å². The maximum atomic E-state index is 13.9. The molecule has 0 aliphatic heterocycles. The summed E-state index contributed by atoms with van der Waals surface area (Å²) in [6.07, 6.45) is 2.35. The molecule has 12 heteroatoms. The van der Waals surface area contributed by atoms with Crippen LogP contribution in [0.3, 0.4) is 0 Å². The zero-order chi connectivity index (χ0) is 32.0. The van der Waals surface area contributed by atoms with Gasteiger partial charge in [-0.05, 0) is 76.1 Å². The fourth-order valence-electron chi connectivity index (χ4n) is 4.51. The second kappa shape index (κ2) is 16.9. The number of benzene rings is 2. The van der Waals surface area contributed by atoms with Crippen LogP contribution in [0.25, 0.3) is 0 Å². The van der Waals surface area contributed by atoms with Gasteiger partial charge < -0.3 is 35.6 Å². The van der Waals surface area contributed by atoms with E-state index in [0.29, 0.717) is 38.6 Å². The average Bonchev–Trinajstić information content (AvgIpc) is 3.38. The van der Waals surface area contributed by atoms with Gasteiger partial charge in [0.1, 0.15) is 24.8 Å². The number of aliphatic carboxylic acids is 2. The predicted molar refractivity (Wildman–Crippen MR) is 157 cm³/mol. The quantitative estimate of drug-likeness (QED) is 0.170. The fraction of sp³-hybridized carbons (Fsp3) is 0.452. The van der Waals surface area contributed by atoms with Crippen LogP contribution in [0.5, 0.6) is 0 Å². The van der Waals surface area contributed by atoms with E-state index in [0.717, 1.165) is 16.7 Å². The number of nitrogens with zero attached hydrogens (tertiary/aromatic N) is 1. The Hall–Kier alpha value is -4.45. The van der Waals surface area contributed by atoms with Crippen molar-refractivity contribution in [2.24, 2.45) is 5.73 Å². The van der Waals surface area contributed by atoms with Gasteiger partial charge in [-0.25, -0.2) is 14.4 Å². The minimum atomic E-state index is -1.82. The van der Waals surface area contributed by atoms with Crippen molar-refractivity contribution in [1.82, 2.24) is 10.2 Å². The molecule has 0 unspecified atom stereocenters. The van der Waals surface area contributed by atoms with Crippen LogP contribution < -0.4 is 11.1 Å². The molecule has 0 saturated carbocycles. The highest BCUT2D eigenvalue weighted by Gasteiger charge is 2.36. The molecule has 0 radical (unpaired) electrons. The number of amides is 2. The Morgan fingerprint density at radius 3 is 2.00 bits per heavy atom. The summed E-state index contributed by atoms with van der Waals surface area (Å²) < 4.78 is 10.9. The molecular formula is C31H41N3O9. The van der Waals surface area contributed by atoms with Crippen LogP contribution >= 0.6 is 0 Å². The second-order valence-electron chi connectivity index (χ2n) is 11.0. The van der Waals surface area contributed by atoms with E-state index in [2.05, 4.69) is 5.32 Å². The minimum Gasteiger partial charge on any atom is -0.473 e. The highest BCUT2D eigenvalue weighted by Crippen LogP contribution is 2.26. The smallest absolute Gasteiger partial charge is 0.414 e. The zero-order valence-electron chi connectivity index (χ0n) is 24.8. The number of rotatable bonds is 11. The molecule has 1 aliphatic carbocycles. The summed E-state index contributed by atoms with van der Waals surface area (Å²) in [5.74, 6) is -4.45. The van der Waals surface area contributed by atoms with Crippen LogP contribution in [0.15, 0.2) is 54.6 Å². The number of carboxylic acids is 2. The normalized spacial score (nSPS) is 13.0. The van der Waals surface area contributed by atoms with Gasteiger partial charge in [-0.1, -0.05) is 54.6 Å². The second-order valence-corrected chi connectivity index (χ2v) is 11.0. The molecule has 0 spiro atoms. The number of hydrogen-bond acceptors (Lipinski definition) is 8. The van der Waals surface area contributed by atoms with E-state index < -0.39 is 35.6 Å². The van der Waals surface area contributed by atoms with Crippen molar-refractivity contribution in [3.8, 4) is 0 Å². The lowest BCUT2D eigenvalue weighted by Crippen LogP contribution is -2.54. The average molecular weight is 600 g/mol. The molecule has 2 amide bonds. The largest absolute Gasteiger partial charge is 0.473 e. The Balaban J connectivity index is 0.000000973. The van der Waals surface area contributed by atoms with Gasteiger partial charge in [0.25, 0.3) is 0 Å². The molecule has 0 bridgehead atoms. The SMILES string of the molecule is CC(C)(C)OC(=O)CN(C(=O)[C@H](CCCCN)NC(=O)OCc1ccccc1)C1Cc2ccccc2C1.O=C(O)C(=O)O. The van der Waals surface area contributed by atoms with Crippen molar-refractivity contribution in [3.05, 3.63) is 71.3 Å². The summed E-state index contributed by atoms with van der Waals surface area (Å²) in [7, 11) is 0. The van der Waals surface area contributed by atoms with Crippen LogP contribution in [0.1, 0.15) is 56.7 Å². The molecule has 12 nitrogen and oxygen atoms in total. The monoisotopic (exact) mass is 599 g/mol. The van der Waals surface area contributed by atoms with Crippen LogP contribution in [0.4, 0.5) is 4.79 Å². The lowest BCUT2D eigenvalue weighted by molar-refractivity contribution is -0.160. The first kappa shape index (κ1) is 34.7. The fourth-order valence-corrected chi connectivity index (χ4v) is 4.51. The summed E-state index contributed by atoms with van der Waals surface area (Å²) in [5, 5.41) is 17.5. The van der Waals surface area contributed by atoms with E-state index >= 15 is 0 Å². The standard InChI is InChI=1S/C29H39N3O5.C2H2O4/c1-29(2,3)37-26(33)19-32(24-17-22-13-7-8-14-23(22)18-24)27(34)25(15-9-10-16-30)31-28(35)36-20-21-11-5-4-6-12-21;3-1(4)2(5)6/h4-8,11-14,24-25H,9-10,15-20,30H2,1-3H3,(H,31,35);(H,3,4)(H,5,6)/t25-;/m0./s1. The van der Waals surface area contributed by atoms with Crippen LogP contribution in [0.2, 0.25) is 0 Å². The Labute approximate surface area is 251 Å². The maximum absolute atomic E-state index is 13.9. The van der Waals surface area contributed by atoms with E-state index in [1.807, 2.05) is 54.6 Å². The molecule has 2 aromatic carbocycles. The lowest BCUT2D eigenvalue weighted by atomic mass is 10.1. The van der Waals surface area contributed by atoms with Crippen molar-refractivity contribution >= 4 is 29.9 Å². The third kappa shape index (κ3) is 12.5. The molecule has 234 valence electrons. The Morgan fingerprint density at radius 2 is 1.49 bits per heavy atom. The van der Waals surface area contributed by atoms with Crippen LogP contribution in [0, 0.1) is 0 Å². The summed E-state index contributed by atoms with van der Waals surface area (Å²) in [6, 6.07) is 16.3. The van der Waals surface area contributed by atoms with E-state index in [1.54, 1.807) is 25.7 Å². The lowest BCUT2D eigenvalue weighted by Gasteiger charge is -2.33. The molecule has 1 aliphatic rings. The maximum Gasteiger partial charge on any atom is 0.414 e. The Kier molecular flexibility index (Phi) is 13.6. The molecule has 3 rings (SSSR count). The minimum absolute atomic E-state index is 0.0932. The van der Waals surface area contributed by atoms with Crippen molar-refractivity contribution in [3.63, 3.8) is 0 Å². The van der Waals surface area contributed by atoms with Crippen molar-refractivity contribution in [2.75, 3.05) is 13.1 Å². The van der Waals surface area contributed by atoms with Gasteiger partial charge in [0, 0.05) is 6.04 Å². The van der Waals surface area contributed by atoms with Crippen molar-refractivity contribution in [2.45, 2.75) is 77.2 Å². The number of nitrogens with two attached hydrogens (primary N) is 1. The third-order valence-electron chi connectivity index (χ3n) is 6.41. The number of alkyl carbamates (subject to hydrolysis) is 1. The first-order chi connectivity index (χ1) is 20.3. The van der Waals surface area contributed by atoms with Crippen molar-refractivity contribution in [1.29, 1.82) is 0 Å². The van der Waals surface area contributed by atoms with Gasteiger partial charge in [-0.2, -0.15) is 0 Å². The molecule has 43 heavy (non-hydrogen) atoms. The topological polar surface area (TPSA) is 186 Å². The number of unbranched alkanes of at least 4 members (excludes halogenated alkanes) is 1. The van der Waals surface area contributed by atoms with Gasteiger partial charge in [0.2, 0.25) is 5.91 Å². The van der Waals surface area contributed by atoms with Crippen LogP contribution in [-0.2, 0) is 48.1 Å². The molecule has 5 N–H and O–H groups in total. The highest BCUT2D eigenvalue weighted by atomic mass is 16.6. The molecule has 1 atom stereocenters. The molecular weight excluding hydrogens is 558 g/mol. The number of hydrogen-bond donors (Lipinski definition) is 4. The van der Waals surface area contributed by atoms with Gasteiger partial charge >= 0.3 is 24.0 Å². The first-order valence-electron chi connectivity index (χ1n) is 14.0. The molecule has 2 aromatic rings. The van der Waals surface area contributed by atoms with Gasteiger partial charge in [0.05, 0.1) is 0 Å². The molecule has 0 saturated heterocycles. The van der Waals surface area contributed by atoms with E-state index in [9.17, 15) is 14.4 Å². The number of fused-ring (bicyclic) bond motifs is 1. The number of esters is 1. The zero-order valence-corrected chi connectivity index (χ0v) is 24.8. The Bertz CT molecular complexity index is 1210. The summed E-state index contributed by atoms with van der Waals surface area (Å²) in [6.45, 7) is 5.77. The third-order valence-corrected chi connectivity index (χ3v) is 6.41. The number of ether oxygens (including phenoxy) is 2. The number of nitrogens with one attached hydrogen (secondary N) is 1. The molecule has 0 aromatic heterocycles. The van der Waals surface area contributed by atoms with Crippen LogP contribution in [-0.4, -0.2) is 75.8 Å². The number of carbonyl (C=O) groups is 5. The van der Waals surface area contributed by atoms with Gasteiger partial charge in [-0.3, -0.25) is 9.59 Å². The predicted octanol–water partition coefficient (Wildman–Crippen LogP) is 2.90. The van der Waals surface area contributed by atoms with E-state index in [4.69, 9.17) is 35.0 Å². The molecule has 0 fully saturated rings. The van der Waals surface area contributed by atoms with Gasteiger partial charge in [-0.15, -0.1) is 0 Å². The van der Waals surface area contributed by atoms with Crippen molar-refractivity contribution < 1.29 is 43.7 Å². The van der Waals surface area contributed by atoms with E-state index in [-0.39, 0.29) is 25.1 Å². The Morgan fingerprint density at radius 1 is 0.930 bits per heavy atom. The summed E-state index contributed by atoms with van der Waals surface area (Å²) in [5.41, 5.74) is 8.15. The first-order valence-corrected chi connectivity index (χ1v) is 14.0.